The van der Waals surface area contributed by atoms with Gasteiger partial charge in [0.25, 0.3) is 0 Å². The average Bonchev–Trinajstić information content (AvgIpc) is 2.86. The first-order chi connectivity index (χ1) is 8.75. The lowest BCUT2D eigenvalue weighted by molar-refractivity contribution is -0.140. The van der Waals surface area contributed by atoms with Crippen LogP contribution in [0.25, 0.3) is 0 Å². The topological polar surface area (TPSA) is 66.4 Å². The van der Waals surface area contributed by atoms with Gasteiger partial charge >= 0.3 is 5.97 Å². The number of anilines is 1. The molecule has 2 rings (SSSR count). The fraction of sp³-hybridized carbons (Fsp3) is 0.385. The molecular weight excluding hydrogens is 381 g/mol. The second kappa shape index (κ2) is 4.94. The summed E-state index contributed by atoms with van der Waals surface area (Å²) < 4.78 is 0.968. The van der Waals surface area contributed by atoms with Crippen molar-refractivity contribution in [2.45, 2.75) is 13.8 Å². The zero-order valence-electron chi connectivity index (χ0n) is 10.4. The van der Waals surface area contributed by atoms with E-state index in [-0.39, 0.29) is 5.91 Å². The van der Waals surface area contributed by atoms with Crippen molar-refractivity contribution < 1.29 is 14.7 Å². The van der Waals surface area contributed by atoms with E-state index in [9.17, 15) is 9.59 Å². The minimum Gasteiger partial charge on any atom is -0.481 e. The molecule has 1 saturated carbocycles. The standard InChI is InChI=1S/C13H13ClINO3/c1-13(2)9(10(13)12(18)19)11(17)16-8-4-3-6(15)5-7(8)14/h3-5,9-10H,1-2H3,(H,16,17)(H,18,19). The SMILES string of the molecule is CC1(C)C(C(=O)O)C1C(=O)Nc1ccc(I)cc1Cl. The van der Waals surface area contributed by atoms with E-state index in [0.29, 0.717) is 10.7 Å². The molecule has 1 aromatic carbocycles. The third-order valence-corrected chi connectivity index (χ3v) is 4.55. The maximum atomic E-state index is 12.1. The van der Waals surface area contributed by atoms with Gasteiger partial charge in [-0.25, -0.2) is 0 Å². The van der Waals surface area contributed by atoms with E-state index in [2.05, 4.69) is 27.9 Å². The van der Waals surface area contributed by atoms with Gasteiger partial charge in [0, 0.05) is 3.57 Å². The van der Waals surface area contributed by atoms with Crippen LogP contribution in [-0.2, 0) is 9.59 Å². The smallest absolute Gasteiger partial charge is 0.307 e. The van der Waals surface area contributed by atoms with Crippen molar-refractivity contribution >= 4 is 51.8 Å². The molecule has 4 nitrogen and oxygen atoms in total. The van der Waals surface area contributed by atoms with Gasteiger partial charge in [0.1, 0.15) is 0 Å². The first-order valence-corrected chi connectivity index (χ1v) is 7.19. The summed E-state index contributed by atoms with van der Waals surface area (Å²) in [6, 6.07) is 5.28. The summed E-state index contributed by atoms with van der Waals surface area (Å²) in [6.45, 7) is 3.57. The molecule has 2 atom stereocenters. The summed E-state index contributed by atoms with van der Waals surface area (Å²) in [7, 11) is 0. The Balaban J connectivity index is 2.13. The first-order valence-electron chi connectivity index (χ1n) is 5.74. The minimum atomic E-state index is -0.932. The van der Waals surface area contributed by atoms with Gasteiger partial charge in [-0.05, 0) is 46.2 Å². The van der Waals surface area contributed by atoms with Crippen molar-refractivity contribution in [3.63, 3.8) is 0 Å². The van der Waals surface area contributed by atoms with Gasteiger partial charge in [-0.1, -0.05) is 25.4 Å². The van der Waals surface area contributed by atoms with E-state index >= 15 is 0 Å². The lowest BCUT2D eigenvalue weighted by Crippen LogP contribution is -2.18. The van der Waals surface area contributed by atoms with Gasteiger partial charge in [0.05, 0.1) is 22.5 Å². The summed E-state index contributed by atoms with van der Waals surface area (Å²) in [5, 5.41) is 12.2. The molecule has 1 aromatic rings. The van der Waals surface area contributed by atoms with Crippen LogP contribution in [0.1, 0.15) is 13.8 Å². The Morgan fingerprint density at radius 3 is 2.47 bits per heavy atom. The fourth-order valence-corrected chi connectivity index (χ4v) is 3.29. The second-order valence-corrected chi connectivity index (χ2v) is 6.88. The quantitative estimate of drug-likeness (QED) is 0.775. The van der Waals surface area contributed by atoms with Crippen molar-refractivity contribution in [2.75, 3.05) is 5.32 Å². The molecule has 2 N–H and O–H groups in total. The summed E-state index contributed by atoms with van der Waals surface area (Å²) in [5.74, 6) is -2.37. The summed E-state index contributed by atoms with van der Waals surface area (Å²) >= 11 is 8.16. The molecule has 0 spiro atoms. The Morgan fingerprint density at radius 1 is 1.37 bits per heavy atom. The van der Waals surface area contributed by atoms with E-state index < -0.39 is 23.2 Å². The maximum Gasteiger partial charge on any atom is 0.307 e. The molecule has 6 heteroatoms. The zero-order valence-corrected chi connectivity index (χ0v) is 13.3. The number of halogens is 2. The highest BCUT2D eigenvalue weighted by atomic mass is 127. The Morgan fingerprint density at radius 2 is 2.00 bits per heavy atom. The molecule has 1 fully saturated rings. The maximum absolute atomic E-state index is 12.1. The lowest BCUT2D eigenvalue weighted by atomic mass is 10.1. The summed E-state index contributed by atoms with van der Waals surface area (Å²) in [6.07, 6.45) is 0. The number of benzene rings is 1. The molecule has 19 heavy (non-hydrogen) atoms. The Bertz CT molecular complexity index is 559. The van der Waals surface area contributed by atoms with E-state index in [1.807, 2.05) is 6.07 Å². The van der Waals surface area contributed by atoms with Crippen LogP contribution in [-0.4, -0.2) is 17.0 Å². The average molecular weight is 394 g/mol. The predicted molar refractivity (Wildman–Crippen MR) is 81.2 cm³/mol. The number of carbonyl (C=O) groups excluding carboxylic acids is 1. The number of hydrogen-bond donors (Lipinski definition) is 2. The first kappa shape index (κ1) is 14.6. The van der Waals surface area contributed by atoms with E-state index in [1.54, 1.807) is 26.0 Å². The highest BCUT2D eigenvalue weighted by Crippen LogP contribution is 2.58. The van der Waals surface area contributed by atoms with Crippen molar-refractivity contribution in [2.24, 2.45) is 17.3 Å². The van der Waals surface area contributed by atoms with E-state index in [1.165, 1.54) is 0 Å². The number of rotatable bonds is 3. The van der Waals surface area contributed by atoms with Gasteiger partial charge in [0.2, 0.25) is 5.91 Å². The Hall–Kier alpha value is -0.820. The highest BCUT2D eigenvalue weighted by molar-refractivity contribution is 14.1. The van der Waals surface area contributed by atoms with Crippen LogP contribution in [0.5, 0.6) is 0 Å². The van der Waals surface area contributed by atoms with Crippen molar-refractivity contribution in [3.05, 3.63) is 26.8 Å². The molecule has 0 bridgehead atoms. The lowest BCUT2D eigenvalue weighted by Gasteiger charge is -2.08. The third-order valence-electron chi connectivity index (χ3n) is 3.56. The van der Waals surface area contributed by atoms with Crippen LogP contribution in [0, 0.1) is 20.8 Å². The normalized spacial score (nSPS) is 23.8. The largest absolute Gasteiger partial charge is 0.481 e. The number of carboxylic acids is 1. The van der Waals surface area contributed by atoms with Crippen LogP contribution >= 0.6 is 34.2 Å². The van der Waals surface area contributed by atoms with Crippen LogP contribution in [0.15, 0.2) is 18.2 Å². The van der Waals surface area contributed by atoms with Crippen LogP contribution < -0.4 is 5.32 Å². The Labute approximate surface area is 129 Å². The third kappa shape index (κ3) is 2.72. The number of nitrogens with one attached hydrogen (secondary N) is 1. The monoisotopic (exact) mass is 393 g/mol. The van der Waals surface area contributed by atoms with Gasteiger partial charge in [-0.15, -0.1) is 0 Å². The zero-order chi connectivity index (χ0) is 14.4. The van der Waals surface area contributed by atoms with E-state index in [4.69, 9.17) is 16.7 Å². The van der Waals surface area contributed by atoms with Crippen molar-refractivity contribution in [1.82, 2.24) is 0 Å². The van der Waals surface area contributed by atoms with Crippen LogP contribution in [0.3, 0.4) is 0 Å². The number of aliphatic carboxylic acids is 1. The summed E-state index contributed by atoms with van der Waals surface area (Å²) in [4.78, 5) is 23.2. The molecule has 1 amide bonds. The minimum absolute atomic E-state index is 0.291. The van der Waals surface area contributed by atoms with Gasteiger partial charge in [0.15, 0.2) is 0 Å². The number of amides is 1. The number of carboxylic acid groups (broad SMARTS) is 1. The predicted octanol–water partition coefficient (Wildman–Crippen LogP) is 3.24. The molecule has 0 radical (unpaired) electrons. The molecule has 2 unspecified atom stereocenters. The molecule has 0 aromatic heterocycles. The van der Waals surface area contributed by atoms with Gasteiger partial charge < -0.3 is 10.4 Å². The van der Waals surface area contributed by atoms with Gasteiger partial charge in [-0.3, -0.25) is 9.59 Å². The molecule has 0 aliphatic heterocycles. The highest BCUT2D eigenvalue weighted by Gasteiger charge is 2.65. The fourth-order valence-electron chi connectivity index (χ4n) is 2.39. The Kier molecular flexibility index (Phi) is 3.79. The number of carbonyl (C=O) groups is 2. The van der Waals surface area contributed by atoms with Gasteiger partial charge in [-0.2, -0.15) is 0 Å². The molecule has 1 aliphatic carbocycles. The van der Waals surface area contributed by atoms with Crippen molar-refractivity contribution in [3.8, 4) is 0 Å². The number of hydrogen-bond acceptors (Lipinski definition) is 2. The molecule has 1 aliphatic rings. The molecular formula is C13H13ClINO3. The van der Waals surface area contributed by atoms with E-state index in [0.717, 1.165) is 3.57 Å². The molecule has 102 valence electrons. The van der Waals surface area contributed by atoms with Crippen LogP contribution in [0.2, 0.25) is 5.02 Å². The molecule has 0 heterocycles. The summed E-state index contributed by atoms with van der Waals surface area (Å²) in [5.41, 5.74) is 0.00455. The van der Waals surface area contributed by atoms with Crippen molar-refractivity contribution in [1.29, 1.82) is 0 Å². The second-order valence-electron chi connectivity index (χ2n) is 5.23. The molecule has 0 saturated heterocycles. The van der Waals surface area contributed by atoms with Crippen LogP contribution in [0.4, 0.5) is 5.69 Å².